The number of ketones is 1. The van der Waals surface area contributed by atoms with E-state index in [-0.39, 0.29) is 24.0 Å². The average molecular weight is 414 g/mol. The number of carbonyl (C=O) groups excluding carboxylic acids is 1. The number of aryl methyl sites for hydroxylation is 1. The van der Waals surface area contributed by atoms with E-state index in [2.05, 4.69) is 9.97 Å². The van der Waals surface area contributed by atoms with E-state index in [1.807, 2.05) is 37.3 Å². The van der Waals surface area contributed by atoms with E-state index in [1.165, 1.54) is 18.3 Å². The fourth-order valence-corrected chi connectivity index (χ4v) is 3.06. The molecule has 0 radical (unpaired) electrons. The van der Waals surface area contributed by atoms with Gasteiger partial charge in [-0.1, -0.05) is 37.3 Å². The van der Waals surface area contributed by atoms with Crippen LogP contribution < -0.4 is 4.74 Å². The Balaban J connectivity index is 1.81. The van der Waals surface area contributed by atoms with Crippen molar-refractivity contribution in [2.75, 3.05) is 6.61 Å². The van der Waals surface area contributed by atoms with Gasteiger partial charge in [0.05, 0.1) is 12.2 Å². The SMILES string of the molecule is Cc1ncccc1C(=O)c1nc(OCCC(C)c2ccccc2)ccc1C(F)(F)F. The van der Waals surface area contributed by atoms with Crippen molar-refractivity contribution in [1.82, 2.24) is 9.97 Å². The van der Waals surface area contributed by atoms with E-state index < -0.39 is 23.2 Å². The quantitative estimate of drug-likeness (QED) is 0.472. The van der Waals surface area contributed by atoms with Gasteiger partial charge in [0.1, 0.15) is 5.69 Å². The second-order valence-corrected chi connectivity index (χ2v) is 6.96. The van der Waals surface area contributed by atoms with E-state index in [9.17, 15) is 18.0 Å². The van der Waals surface area contributed by atoms with Gasteiger partial charge in [-0.2, -0.15) is 13.2 Å². The molecule has 0 fully saturated rings. The van der Waals surface area contributed by atoms with Gasteiger partial charge >= 0.3 is 6.18 Å². The van der Waals surface area contributed by atoms with E-state index in [1.54, 1.807) is 6.92 Å². The van der Waals surface area contributed by atoms with Crippen molar-refractivity contribution >= 4 is 5.78 Å². The van der Waals surface area contributed by atoms with Crippen LogP contribution in [0.25, 0.3) is 0 Å². The number of carbonyl (C=O) groups is 1. The van der Waals surface area contributed by atoms with Gasteiger partial charge in [0.25, 0.3) is 0 Å². The fourth-order valence-electron chi connectivity index (χ4n) is 3.06. The Morgan fingerprint density at radius 3 is 2.47 bits per heavy atom. The fraction of sp³-hybridized carbons (Fsp3) is 0.261. The number of pyridine rings is 2. The summed E-state index contributed by atoms with van der Waals surface area (Å²) in [5.41, 5.74) is -0.233. The number of benzene rings is 1. The maximum Gasteiger partial charge on any atom is 0.418 e. The molecule has 4 nitrogen and oxygen atoms in total. The van der Waals surface area contributed by atoms with Gasteiger partial charge in [0, 0.05) is 23.5 Å². The Morgan fingerprint density at radius 2 is 1.80 bits per heavy atom. The van der Waals surface area contributed by atoms with Crippen molar-refractivity contribution in [3.63, 3.8) is 0 Å². The molecule has 1 aromatic carbocycles. The number of aromatic nitrogens is 2. The van der Waals surface area contributed by atoms with Gasteiger partial charge in [-0.3, -0.25) is 9.78 Å². The molecular weight excluding hydrogens is 393 g/mol. The normalized spacial score (nSPS) is 12.4. The molecule has 0 spiro atoms. The van der Waals surface area contributed by atoms with Crippen LogP contribution in [0.3, 0.4) is 0 Å². The zero-order chi connectivity index (χ0) is 21.7. The van der Waals surface area contributed by atoms with Crippen LogP contribution in [0, 0.1) is 6.92 Å². The lowest BCUT2D eigenvalue weighted by Crippen LogP contribution is -2.17. The molecule has 0 saturated carbocycles. The third-order valence-corrected chi connectivity index (χ3v) is 4.81. The highest BCUT2D eigenvalue weighted by molar-refractivity contribution is 6.09. The minimum Gasteiger partial charge on any atom is -0.478 e. The minimum atomic E-state index is -4.71. The first-order chi connectivity index (χ1) is 14.3. The van der Waals surface area contributed by atoms with Crippen molar-refractivity contribution in [2.24, 2.45) is 0 Å². The predicted octanol–water partition coefficient (Wildman–Crippen LogP) is 5.61. The number of alkyl halides is 3. The van der Waals surface area contributed by atoms with Crippen LogP contribution in [0.1, 0.15) is 52.1 Å². The molecule has 0 saturated heterocycles. The van der Waals surface area contributed by atoms with E-state index in [4.69, 9.17) is 4.74 Å². The number of ether oxygens (including phenoxy) is 1. The van der Waals surface area contributed by atoms with Crippen molar-refractivity contribution in [3.8, 4) is 5.88 Å². The van der Waals surface area contributed by atoms with Crippen LogP contribution in [0.4, 0.5) is 13.2 Å². The molecular formula is C23H21F3N2O2. The maximum absolute atomic E-state index is 13.5. The molecule has 0 N–H and O–H groups in total. The summed E-state index contributed by atoms with van der Waals surface area (Å²) in [6.45, 7) is 3.86. The van der Waals surface area contributed by atoms with Crippen LogP contribution >= 0.6 is 0 Å². The molecule has 30 heavy (non-hydrogen) atoms. The van der Waals surface area contributed by atoms with Crippen molar-refractivity contribution in [3.05, 3.63) is 88.9 Å². The molecule has 0 aliphatic carbocycles. The predicted molar refractivity (Wildman–Crippen MR) is 107 cm³/mol. The Labute approximate surface area is 172 Å². The van der Waals surface area contributed by atoms with Gasteiger partial charge in [-0.15, -0.1) is 0 Å². The zero-order valence-electron chi connectivity index (χ0n) is 16.6. The zero-order valence-corrected chi connectivity index (χ0v) is 16.6. The first-order valence-electron chi connectivity index (χ1n) is 9.49. The smallest absolute Gasteiger partial charge is 0.418 e. The molecule has 3 rings (SSSR count). The van der Waals surface area contributed by atoms with Crippen molar-refractivity contribution in [1.29, 1.82) is 0 Å². The molecule has 1 atom stereocenters. The van der Waals surface area contributed by atoms with Gasteiger partial charge in [0.15, 0.2) is 0 Å². The van der Waals surface area contributed by atoms with Crippen LogP contribution in [0.15, 0.2) is 60.8 Å². The summed E-state index contributed by atoms with van der Waals surface area (Å²) in [5.74, 6) is -0.649. The third-order valence-electron chi connectivity index (χ3n) is 4.81. The number of hydrogen-bond acceptors (Lipinski definition) is 4. The largest absolute Gasteiger partial charge is 0.478 e. The molecule has 0 amide bonds. The first-order valence-corrected chi connectivity index (χ1v) is 9.49. The summed E-state index contributed by atoms with van der Waals surface area (Å²) >= 11 is 0. The highest BCUT2D eigenvalue weighted by Crippen LogP contribution is 2.33. The standard InChI is InChI=1S/C23H21F3N2O2/c1-15(17-7-4-3-5-8-17)12-14-30-20-11-10-19(23(24,25)26)21(28-20)22(29)18-9-6-13-27-16(18)2/h3-11,13,15H,12,14H2,1-2H3. The summed E-state index contributed by atoms with van der Waals surface area (Å²) in [4.78, 5) is 20.7. The van der Waals surface area contributed by atoms with Crippen LogP contribution in [-0.2, 0) is 6.18 Å². The van der Waals surface area contributed by atoms with E-state index >= 15 is 0 Å². The highest BCUT2D eigenvalue weighted by atomic mass is 19.4. The Bertz CT molecular complexity index is 1020. The van der Waals surface area contributed by atoms with Gasteiger partial charge in [-0.05, 0) is 43.0 Å². The Kier molecular flexibility index (Phi) is 6.50. The van der Waals surface area contributed by atoms with Gasteiger partial charge in [0.2, 0.25) is 11.7 Å². The second-order valence-electron chi connectivity index (χ2n) is 6.96. The summed E-state index contributed by atoms with van der Waals surface area (Å²) in [5, 5.41) is 0. The van der Waals surface area contributed by atoms with Gasteiger partial charge in [-0.25, -0.2) is 4.98 Å². The lowest BCUT2D eigenvalue weighted by Gasteiger charge is -2.15. The third kappa shape index (κ3) is 5.03. The maximum atomic E-state index is 13.5. The molecule has 7 heteroatoms. The Hall–Kier alpha value is -3.22. The summed E-state index contributed by atoms with van der Waals surface area (Å²) in [6.07, 6.45) is -2.59. The molecule has 2 heterocycles. The van der Waals surface area contributed by atoms with Crippen LogP contribution in [0.2, 0.25) is 0 Å². The summed E-state index contributed by atoms with van der Waals surface area (Å²) in [7, 11) is 0. The molecule has 0 aliphatic rings. The summed E-state index contributed by atoms with van der Waals surface area (Å²) < 4.78 is 45.9. The van der Waals surface area contributed by atoms with Gasteiger partial charge < -0.3 is 4.74 Å². The summed E-state index contributed by atoms with van der Waals surface area (Å²) in [6, 6.07) is 14.7. The number of halogens is 3. The molecule has 156 valence electrons. The number of rotatable bonds is 7. The monoisotopic (exact) mass is 414 g/mol. The molecule has 2 aromatic heterocycles. The second kappa shape index (κ2) is 9.07. The molecule has 0 bridgehead atoms. The number of nitrogens with zero attached hydrogens (tertiary/aromatic N) is 2. The molecule has 3 aromatic rings. The van der Waals surface area contributed by atoms with Crippen molar-refractivity contribution < 1.29 is 22.7 Å². The van der Waals surface area contributed by atoms with Crippen molar-refractivity contribution in [2.45, 2.75) is 32.4 Å². The van der Waals surface area contributed by atoms with Crippen LogP contribution in [0.5, 0.6) is 5.88 Å². The lowest BCUT2D eigenvalue weighted by molar-refractivity contribution is -0.138. The highest BCUT2D eigenvalue weighted by Gasteiger charge is 2.37. The van der Waals surface area contributed by atoms with E-state index in [0.717, 1.165) is 17.7 Å². The Morgan fingerprint density at radius 1 is 1.07 bits per heavy atom. The lowest BCUT2D eigenvalue weighted by atomic mass is 9.98. The van der Waals surface area contributed by atoms with E-state index in [0.29, 0.717) is 12.1 Å². The molecule has 0 aliphatic heterocycles. The first kappa shape index (κ1) is 21.5. The average Bonchev–Trinajstić information content (AvgIpc) is 2.73. The topological polar surface area (TPSA) is 52.1 Å². The van der Waals surface area contributed by atoms with Crippen LogP contribution in [-0.4, -0.2) is 22.4 Å². The molecule has 1 unspecified atom stereocenters. The number of hydrogen-bond donors (Lipinski definition) is 0. The minimum absolute atomic E-state index is 0.0202.